The summed E-state index contributed by atoms with van der Waals surface area (Å²) in [7, 11) is 0. The molecule has 1 spiro atoms. The number of imide groups is 1. The van der Waals surface area contributed by atoms with Gasteiger partial charge in [-0.25, -0.2) is 4.79 Å². The van der Waals surface area contributed by atoms with E-state index in [2.05, 4.69) is 31.4 Å². The lowest BCUT2D eigenvalue weighted by Crippen LogP contribution is -2.58. The Hall–Kier alpha value is -1.06. The highest BCUT2D eigenvalue weighted by Gasteiger charge is 2.73. The van der Waals surface area contributed by atoms with Gasteiger partial charge in [0.15, 0.2) is 0 Å². The second-order valence-electron chi connectivity index (χ2n) is 6.31. The van der Waals surface area contributed by atoms with Gasteiger partial charge in [-0.05, 0) is 30.6 Å². The van der Waals surface area contributed by atoms with Crippen LogP contribution < -0.4 is 10.6 Å². The van der Waals surface area contributed by atoms with Crippen LogP contribution in [0.25, 0.3) is 0 Å². The Morgan fingerprint density at radius 3 is 2.31 bits per heavy atom. The number of hydrogen-bond acceptors (Lipinski definition) is 2. The van der Waals surface area contributed by atoms with Crippen molar-refractivity contribution in [3.63, 3.8) is 0 Å². The van der Waals surface area contributed by atoms with E-state index in [1.165, 1.54) is 6.42 Å². The van der Waals surface area contributed by atoms with Crippen molar-refractivity contribution < 1.29 is 9.59 Å². The van der Waals surface area contributed by atoms with E-state index in [0.29, 0.717) is 5.92 Å². The highest BCUT2D eigenvalue weighted by molar-refractivity contribution is 6.08. The first-order chi connectivity index (χ1) is 7.33. The topological polar surface area (TPSA) is 58.2 Å². The van der Waals surface area contributed by atoms with Gasteiger partial charge in [0, 0.05) is 5.41 Å². The lowest BCUT2D eigenvalue weighted by Gasteiger charge is -2.44. The Balaban J connectivity index is 2.13. The predicted molar refractivity (Wildman–Crippen MR) is 58.6 cm³/mol. The minimum absolute atomic E-state index is 0.110. The highest BCUT2D eigenvalue weighted by atomic mass is 16.2. The van der Waals surface area contributed by atoms with Crippen LogP contribution in [0.2, 0.25) is 0 Å². The molecule has 4 heteroatoms. The van der Waals surface area contributed by atoms with Gasteiger partial charge in [-0.2, -0.15) is 0 Å². The zero-order valence-electron chi connectivity index (χ0n) is 10.0. The van der Waals surface area contributed by atoms with Crippen LogP contribution in [0.5, 0.6) is 0 Å². The van der Waals surface area contributed by atoms with Crippen molar-refractivity contribution in [2.24, 2.45) is 16.7 Å². The molecule has 0 aromatic carbocycles. The summed E-state index contributed by atoms with van der Waals surface area (Å²) in [6.07, 6.45) is 3.00. The SMILES string of the molecule is CC1(C)[C@H]2CC[C@]1(C)[C@@]1(C2)NC(=O)NC1=O. The molecule has 3 amide bonds. The molecule has 2 aliphatic carbocycles. The lowest BCUT2D eigenvalue weighted by atomic mass is 9.63. The Bertz CT molecular complexity index is 404. The molecule has 16 heavy (non-hydrogen) atoms. The summed E-state index contributed by atoms with van der Waals surface area (Å²) in [4.78, 5) is 23.5. The third-order valence-corrected chi connectivity index (χ3v) is 5.87. The second kappa shape index (κ2) is 2.44. The molecule has 88 valence electrons. The Morgan fingerprint density at radius 1 is 1.25 bits per heavy atom. The van der Waals surface area contributed by atoms with Gasteiger partial charge in [-0.15, -0.1) is 0 Å². The zero-order valence-corrected chi connectivity index (χ0v) is 10.0. The molecule has 1 heterocycles. The largest absolute Gasteiger partial charge is 0.323 e. The van der Waals surface area contributed by atoms with Crippen LogP contribution in [0.15, 0.2) is 0 Å². The molecular weight excluding hydrogens is 204 g/mol. The Morgan fingerprint density at radius 2 is 1.94 bits per heavy atom. The van der Waals surface area contributed by atoms with E-state index < -0.39 is 5.54 Å². The van der Waals surface area contributed by atoms with E-state index in [1.807, 2.05) is 0 Å². The van der Waals surface area contributed by atoms with Crippen LogP contribution in [0.3, 0.4) is 0 Å². The minimum atomic E-state index is -0.642. The molecule has 1 saturated heterocycles. The fraction of sp³-hybridized carbons (Fsp3) is 0.833. The van der Waals surface area contributed by atoms with E-state index in [1.54, 1.807) is 0 Å². The van der Waals surface area contributed by atoms with Gasteiger partial charge in [0.1, 0.15) is 5.54 Å². The minimum Gasteiger partial charge on any atom is -0.323 e. The average Bonchev–Trinajstić information content (AvgIpc) is 2.63. The molecule has 0 aromatic rings. The number of carbonyl (C=O) groups is 2. The molecule has 2 saturated carbocycles. The summed E-state index contributed by atoms with van der Waals surface area (Å²) in [5.41, 5.74) is -0.626. The number of rotatable bonds is 0. The number of nitrogens with one attached hydrogen (secondary N) is 2. The molecule has 3 aliphatic rings. The van der Waals surface area contributed by atoms with Gasteiger partial charge in [0.25, 0.3) is 5.91 Å². The molecular formula is C12H18N2O2. The summed E-state index contributed by atoms with van der Waals surface area (Å²) in [6.45, 7) is 6.62. The van der Waals surface area contributed by atoms with Crippen molar-refractivity contribution >= 4 is 11.9 Å². The van der Waals surface area contributed by atoms with Crippen molar-refractivity contribution in [2.45, 2.75) is 45.6 Å². The molecule has 2 N–H and O–H groups in total. The Labute approximate surface area is 95.2 Å². The van der Waals surface area contributed by atoms with E-state index in [0.717, 1.165) is 12.8 Å². The molecule has 0 aromatic heterocycles. The van der Waals surface area contributed by atoms with Crippen LogP contribution in [-0.4, -0.2) is 17.5 Å². The number of carbonyl (C=O) groups excluding carboxylic acids is 2. The van der Waals surface area contributed by atoms with Crippen LogP contribution in [0.4, 0.5) is 4.79 Å². The molecule has 1 aliphatic heterocycles. The quantitative estimate of drug-likeness (QED) is 0.609. The number of fused-ring (bicyclic) bond motifs is 3. The van der Waals surface area contributed by atoms with E-state index >= 15 is 0 Å². The maximum atomic E-state index is 12.1. The smallest absolute Gasteiger partial charge is 0.322 e. The number of hydrogen-bond donors (Lipinski definition) is 2. The molecule has 0 radical (unpaired) electrons. The fourth-order valence-corrected chi connectivity index (χ4v) is 4.34. The molecule has 3 atom stereocenters. The van der Waals surface area contributed by atoms with E-state index in [4.69, 9.17) is 0 Å². The number of amides is 3. The lowest BCUT2D eigenvalue weighted by molar-refractivity contribution is -0.129. The summed E-state index contributed by atoms with van der Waals surface area (Å²) in [5, 5.41) is 5.32. The van der Waals surface area contributed by atoms with Gasteiger partial charge in [0.2, 0.25) is 0 Å². The monoisotopic (exact) mass is 222 g/mol. The molecule has 3 rings (SSSR count). The first-order valence-corrected chi connectivity index (χ1v) is 5.97. The van der Waals surface area contributed by atoms with Crippen LogP contribution in [0, 0.1) is 16.7 Å². The average molecular weight is 222 g/mol. The summed E-state index contributed by atoms with van der Waals surface area (Å²) in [6, 6.07) is -0.324. The molecule has 2 bridgehead atoms. The zero-order chi connectivity index (χ0) is 11.8. The van der Waals surface area contributed by atoms with Gasteiger partial charge >= 0.3 is 6.03 Å². The van der Waals surface area contributed by atoms with Gasteiger partial charge in [-0.1, -0.05) is 20.8 Å². The van der Waals surface area contributed by atoms with Gasteiger partial charge in [0.05, 0.1) is 0 Å². The van der Waals surface area contributed by atoms with Crippen LogP contribution >= 0.6 is 0 Å². The summed E-state index contributed by atoms with van der Waals surface area (Å²) >= 11 is 0. The van der Waals surface area contributed by atoms with Crippen molar-refractivity contribution in [1.82, 2.24) is 10.6 Å². The van der Waals surface area contributed by atoms with Crippen LogP contribution in [-0.2, 0) is 4.79 Å². The first kappa shape index (κ1) is 10.1. The fourth-order valence-electron chi connectivity index (χ4n) is 4.34. The second-order valence-corrected chi connectivity index (χ2v) is 6.31. The molecule has 0 unspecified atom stereocenters. The molecule has 3 fully saturated rings. The highest BCUT2D eigenvalue weighted by Crippen LogP contribution is 2.70. The van der Waals surface area contributed by atoms with Crippen molar-refractivity contribution in [3.05, 3.63) is 0 Å². The Kier molecular flexibility index (Phi) is 1.54. The van der Waals surface area contributed by atoms with Crippen molar-refractivity contribution in [3.8, 4) is 0 Å². The van der Waals surface area contributed by atoms with E-state index in [9.17, 15) is 9.59 Å². The first-order valence-electron chi connectivity index (χ1n) is 5.97. The van der Waals surface area contributed by atoms with Gasteiger partial charge in [-0.3, -0.25) is 10.1 Å². The third kappa shape index (κ3) is 0.770. The number of urea groups is 1. The van der Waals surface area contributed by atoms with Crippen molar-refractivity contribution in [1.29, 1.82) is 0 Å². The standard InChI is InChI=1S/C12H18N2O2/c1-10(2)7-4-5-11(10,3)12(6-7)8(15)13-9(16)14-12/h7H,4-6H2,1-3H3,(H2,13,14,15,16)/t7-,11-,12-/m0/s1. The summed E-state index contributed by atoms with van der Waals surface area (Å²) in [5.74, 6) is 0.428. The maximum Gasteiger partial charge on any atom is 0.322 e. The van der Waals surface area contributed by atoms with Gasteiger partial charge < -0.3 is 5.32 Å². The maximum absolute atomic E-state index is 12.1. The normalized spacial score (nSPS) is 48.6. The van der Waals surface area contributed by atoms with Crippen molar-refractivity contribution in [2.75, 3.05) is 0 Å². The van der Waals surface area contributed by atoms with E-state index in [-0.39, 0.29) is 22.8 Å². The van der Waals surface area contributed by atoms with Crippen LogP contribution in [0.1, 0.15) is 40.0 Å². The predicted octanol–water partition coefficient (Wildman–Crippen LogP) is 1.41. The third-order valence-electron chi connectivity index (χ3n) is 5.87. The summed E-state index contributed by atoms with van der Waals surface area (Å²) < 4.78 is 0. The molecule has 4 nitrogen and oxygen atoms in total.